The molecule has 0 fully saturated rings. The van der Waals surface area contributed by atoms with Crippen LogP contribution in [-0.4, -0.2) is 63.4 Å². The zero-order chi connectivity index (χ0) is 16.6. The van der Waals surface area contributed by atoms with Gasteiger partial charge in [-0.15, -0.1) is 0 Å². The van der Waals surface area contributed by atoms with Crippen LogP contribution in [0.4, 0.5) is 0 Å². The van der Waals surface area contributed by atoms with E-state index in [2.05, 4.69) is 26.2 Å². The summed E-state index contributed by atoms with van der Waals surface area (Å²) in [5.74, 6) is -1.84. The molecule has 0 aromatic rings. The zero-order valence-electron chi connectivity index (χ0n) is 12.4. The molecule has 0 aromatic heterocycles. The molecule has 0 spiro atoms. The number of nitrogens with zero attached hydrogens (tertiary/aromatic N) is 1. The third-order valence-electron chi connectivity index (χ3n) is 1.58. The molecule has 0 atom stereocenters. The van der Waals surface area contributed by atoms with Gasteiger partial charge in [-0.3, -0.25) is 15.3 Å². The van der Waals surface area contributed by atoms with Crippen LogP contribution in [0.5, 0.6) is 0 Å². The maximum Gasteiger partial charge on any atom is 0.429 e. The Morgan fingerprint density at radius 1 is 1.45 bits per heavy atom. The Bertz CT molecular complexity index is 370. The minimum absolute atomic E-state index is 0.128. The first kappa shape index (κ1) is 21.6. The van der Waals surface area contributed by atoms with E-state index in [0.717, 1.165) is 4.90 Å². The maximum atomic E-state index is 10.3. The van der Waals surface area contributed by atoms with Crippen LogP contribution in [0.15, 0.2) is 0 Å². The summed E-state index contributed by atoms with van der Waals surface area (Å²) in [6, 6.07) is 0. The molecule has 0 aromatic carbocycles. The second-order valence-electron chi connectivity index (χ2n) is 4.80. The van der Waals surface area contributed by atoms with Gasteiger partial charge < -0.3 is 23.9 Å². The second-order valence-corrected chi connectivity index (χ2v) is 12.1. The Hall–Kier alpha value is -0.716. The Kier molecular flexibility index (Phi) is 9.99. The van der Waals surface area contributed by atoms with E-state index >= 15 is 0 Å². The molecule has 0 aliphatic heterocycles. The SMILES string of the molecule is CN(CC(=O)O)C(=N)NP(=O)(O)O.C[SiH2]O[Si](C)(C)C. The molecule has 12 heteroatoms. The van der Waals surface area contributed by atoms with Crippen LogP contribution < -0.4 is 5.09 Å². The van der Waals surface area contributed by atoms with Gasteiger partial charge >= 0.3 is 13.7 Å². The van der Waals surface area contributed by atoms with Crippen LogP contribution in [-0.2, 0) is 13.5 Å². The first-order valence-electron chi connectivity index (χ1n) is 5.77. The highest BCUT2D eigenvalue weighted by Crippen LogP contribution is 2.27. The molecule has 20 heavy (non-hydrogen) atoms. The molecule has 0 aliphatic rings. The number of carbonyl (C=O) groups is 1. The van der Waals surface area contributed by atoms with Gasteiger partial charge in [0.2, 0.25) is 0 Å². The fraction of sp³-hybridized carbons (Fsp3) is 0.750. The summed E-state index contributed by atoms with van der Waals surface area (Å²) in [7, 11) is -4.53. The lowest BCUT2D eigenvalue weighted by atomic mass is 10.6. The Balaban J connectivity index is 0. The number of guanidine groups is 1. The van der Waals surface area contributed by atoms with Gasteiger partial charge in [0.1, 0.15) is 16.3 Å². The van der Waals surface area contributed by atoms with Crippen molar-refractivity contribution < 1.29 is 28.4 Å². The molecule has 0 saturated heterocycles. The lowest BCUT2D eigenvalue weighted by Crippen LogP contribution is -2.39. The van der Waals surface area contributed by atoms with Crippen molar-refractivity contribution in [3.05, 3.63) is 0 Å². The molecule has 9 nitrogen and oxygen atoms in total. The second kappa shape index (κ2) is 9.26. The number of likely N-dealkylation sites (N-methyl/N-ethyl adjacent to an activating group) is 1. The van der Waals surface area contributed by atoms with Crippen LogP contribution in [0, 0.1) is 5.41 Å². The summed E-state index contributed by atoms with van der Waals surface area (Å²) in [5, 5.41) is 16.8. The van der Waals surface area contributed by atoms with Crippen LogP contribution in [0.3, 0.4) is 0 Å². The van der Waals surface area contributed by atoms with Gasteiger partial charge in [0.25, 0.3) is 0 Å². The van der Waals surface area contributed by atoms with Crippen LogP contribution >= 0.6 is 7.75 Å². The highest BCUT2D eigenvalue weighted by Gasteiger charge is 2.17. The summed E-state index contributed by atoms with van der Waals surface area (Å²) in [4.78, 5) is 27.7. The minimum Gasteiger partial charge on any atom is -0.480 e. The Morgan fingerprint density at radius 3 is 2.10 bits per heavy atom. The van der Waals surface area contributed by atoms with Gasteiger partial charge in [-0.05, 0) is 19.6 Å². The van der Waals surface area contributed by atoms with Gasteiger partial charge in [-0.25, -0.2) is 4.57 Å². The average Bonchev–Trinajstić information content (AvgIpc) is 2.12. The largest absolute Gasteiger partial charge is 0.480 e. The number of hydrogen-bond donors (Lipinski definition) is 5. The van der Waals surface area contributed by atoms with Gasteiger partial charge in [0.15, 0.2) is 14.3 Å². The summed E-state index contributed by atoms with van der Waals surface area (Å²) in [5.41, 5.74) is 0. The molecule has 0 rings (SSSR count). The molecule has 5 N–H and O–H groups in total. The van der Waals surface area contributed by atoms with Crippen molar-refractivity contribution in [1.82, 2.24) is 9.99 Å². The van der Waals surface area contributed by atoms with Crippen LogP contribution in [0.2, 0.25) is 26.2 Å². The predicted molar refractivity (Wildman–Crippen MR) is 82.0 cm³/mol. The number of nitrogens with one attached hydrogen (secondary N) is 2. The number of rotatable bonds is 5. The quantitative estimate of drug-likeness (QED) is 0.196. The third-order valence-corrected chi connectivity index (χ3v) is 6.70. The summed E-state index contributed by atoms with van der Waals surface area (Å²) >= 11 is 0. The lowest BCUT2D eigenvalue weighted by molar-refractivity contribution is -0.137. The van der Waals surface area contributed by atoms with E-state index in [1.54, 1.807) is 0 Å². The minimum atomic E-state index is -4.53. The molecule has 0 heterocycles. The van der Waals surface area contributed by atoms with Crippen molar-refractivity contribution in [2.45, 2.75) is 26.2 Å². The van der Waals surface area contributed by atoms with Crippen molar-refractivity contribution >= 4 is 37.8 Å². The number of carboxylic acid groups (broad SMARTS) is 1. The van der Waals surface area contributed by atoms with Crippen molar-refractivity contribution in [2.24, 2.45) is 0 Å². The standard InChI is InChI=1S/C4H10N3O5P.C4H14OSi2/c1-7(2-3(8)9)4(5)6-13(10,11)12;1-6-5-7(2,3)4/h2H2,1H3,(H,8,9)(H4,5,6,10,11,12);6H2,1-4H3. The summed E-state index contributed by atoms with van der Waals surface area (Å²) in [6.45, 7) is 8.35. The normalized spacial score (nSPS) is 11.8. The first-order valence-corrected chi connectivity index (χ1v) is 12.8. The molecule has 0 amide bonds. The molecule has 0 radical (unpaired) electrons. The smallest absolute Gasteiger partial charge is 0.429 e. The average molecular weight is 345 g/mol. The maximum absolute atomic E-state index is 10.3. The highest BCUT2D eigenvalue weighted by molar-refractivity contribution is 7.50. The van der Waals surface area contributed by atoms with Crippen molar-refractivity contribution in [2.75, 3.05) is 13.6 Å². The van der Waals surface area contributed by atoms with Gasteiger partial charge in [0.05, 0.1) is 0 Å². The van der Waals surface area contributed by atoms with E-state index in [0.29, 0.717) is 0 Å². The number of carboxylic acids is 1. The van der Waals surface area contributed by atoms with Crippen molar-refractivity contribution in [1.29, 1.82) is 5.41 Å². The number of hydrogen-bond acceptors (Lipinski definition) is 4. The Morgan fingerprint density at radius 2 is 1.90 bits per heavy atom. The van der Waals surface area contributed by atoms with Crippen LogP contribution in [0.1, 0.15) is 0 Å². The fourth-order valence-corrected chi connectivity index (χ4v) is 4.85. The third kappa shape index (κ3) is 17.3. The highest BCUT2D eigenvalue weighted by atomic mass is 31.2. The van der Waals surface area contributed by atoms with Crippen molar-refractivity contribution in [3.63, 3.8) is 0 Å². The predicted octanol–water partition coefficient (Wildman–Crippen LogP) is -0.410. The fourth-order valence-electron chi connectivity index (χ4n) is 0.938. The first-order chi connectivity index (χ1) is 8.78. The zero-order valence-corrected chi connectivity index (χ0v) is 15.7. The molecule has 0 bridgehead atoms. The monoisotopic (exact) mass is 345 g/mol. The van der Waals surface area contributed by atoms with E-state index < -0.39 is 34.5 Å². The number of aliphatic carboxylic acids is 1. The Labute approximate surface area is 122 Å². The molecular weight excluding hydrogens is 321 g/mol. The summed E-state index contributed by atoms with van der Waals surface area (Å²) in [6.07, 6.45) is 0. The van der Waals surface area contributed by atoms with E-state index in [1.165, 1.54) is 12.1 Å². The molecule has 0 unspecified atom stereocenters. The van der Waals surface area contributed by atoms with Crippen LogP contribution in [0.25, 0.3) is 0 Å². The van der Waals surface area contributed by atoms with Gasteiger partial charge in [-0.1, -0.05) is 6.55 Å². The van der Waals surface area contributed by atoms with E-state index in [-0.39, 0.29) is 9.76 Å². The van der Waals surface area contributed by atoms with Gasteiger partial charge in [-0.2, -0.15) is 0 Å². The summed E-state index contributed by atoms with van der Waals surface area (Å²) < 4.78 is 15.8. The van der Waals surface area contributed by atoms with E-state index in [1.807, 2.05) is 0 Å². The molecule has 120 valence electrons. The van der Waals surface area contributed by atoms with E-state index in [4.69, 9.17) is 24.4 Å². The molecule has 0 aliphatic carbocycles. The van der Waals surface area contributed by atoms with Gasteiger partial charge in [0, 0.05) is 7.05 Å². The topological polar surface area (TPSA) is 143 Å². The lowest BCUT2D eigenvalue weighted by Gasteiger charge is -2.18. The molecule has 0 saturated carbocycles. The van der Waals surface area contributed by atoms with E-state index in [9.17, 15) is 9.36 Å². The molecular formula is C8H24N3O6PSi2. The van der Waals surface area contributed by atoms with Crippen molar-refractivity contribution in [3.8, 4) is 0 Å².